The summed E-state index contributed by atoms with van der Waals surface area (Å²) in [5.41, 5.74) is 4.46. The van der Waals surface area contributed by atoms with E-state index in [2.05, 4.69) is 15.6 Å². The molecule has 0 radical (unpaired) electrons. The summed E-state index contributed by atoms with van der Waals surface area (Å²) in [6.07, 6.45) is -1.16. The zero-order valence-corrected chi connectivity index (χ0v) is 15.7. The van der Waals surface area contributed by atoms with Crippen molar-refractivity contribution in [2.24, 2.45) is 0 Å². The van der Waals surface area contributed by atoms with Crippen molar-refractivity contribution in [3.63, 3.8) is 0 Å². The summed E-state index contributed by atoms with van der Waals surface area (Å²) < 4.78 is 37.0. The number of hydrogen-bond acceptors (Lipinski definition) is 6. The van der Waals surface area contributed by atoms with Crippen LogP contribution in [-0.4, -0.2) is 56.6 Å². The van der Waals surface area contributed by atoms with Crippen LogP contribution in [0.5, 0.6) is 0 Å². The molecule has 0 aromatic heterocycles. The molecule has 1 fully saturated rings. The molecule has 2 amide bonds. The lowest BCUT2D eigenvalue weighted by atomic mass is 10.2. The molecule has 1 aromatic carbocycles. The molecule has 10 heteroatoms. The zero-order chi connectivity index (χ0) is 19.3. The van der Waals surface area contributed by atoms with Crippen LogP contribution < -0.4 is 10.9 Å². The topological polar surface area (TPSA) is 114 Å². The molecule has 1 aromatic rings. The first kappa shape index (κ1) is 20.1. The Balaban J connectivity index is 2.06. The van der Waals surface area contributed by atoms with E-state index in [9.17, 15) is 18.0 Å². The maximum atomic E-state index is 12.7. The van der Waals surface area contributed by atoms with E-state index in [0.717, 1.165) is 0 Å². The van der Waals surface area contributed by atoms with Crippen LogP contribution in [0.15, 0.2) is 29.2 Å². The lowest BCUT2D eigenvalue weighted by Crippen LogP contribution is -2.48. The number of nitrogens with zero attached hydrogens (tertiary/aromatic N) is 1. The maximum absolute atomic E-state index is 12.7. The number of benzene rings is 1. The van der Waals surface area contributed by atoms with Crippen molar-refractivity contribution in [2.75, 3.05) is 19.7 Å². The monoisotopic (exact) mass is 385 g/mol. The van der Waals surface area contributed by atoms with Crippen LogP contribution in [0, 0.1) is 0 Å². The molecule has 0 unspecified atom stereocenters. The summed E-state index contributed by atoms with van der Waals surface area (Å²) in [7, 11) is -3.67. The molecule has 9 nitrogen and oxygen atoms in total. The minimum atomic E-state index is -3.67. The van der Waals surface area contributed by atoms with Crippen molar-refractivity contribution < 1.29 is 27.5 Å². The molecule has 0 bridgehead atoms. The number of carbonyl (C=O) groups excluding carboxylic acids is 2. The van der Waals surface area contributed by atoms with Gasteiger partial charge in [-0.15, -0.1) is 0 Å². The highest BCUT2D eigenvalue weighted by atomic mass is 32.2. The summed E-state index contributed by atoms with van der Waals surface area (Å²) in [5.74, 6) is -0.587. The number of hydrogen-bond donors (Lipinski definition) is 2. The summed E-state index contributed by atoms with van der Waals surface area (Å²) in [6.45, 7) is 6.00. The van der Waals surface area contributed by atoms with Crippen LogP contribution in [0.25, 0.3) is 0 Å². The summed E-state index contributed by atoms with van der Waals surface area (Å²) in [4.78, 5) is 23.2. The Morgan fingerprint density at radius 3 is 2.27 bits per heavy atom. The Kier molecular flexibility index (Phi) is 6.57. The van der Waals surface area contributed by atoms with E-state index in [-0.39, 0.29) is 42.4 Å². The molecular formula is C16H23N3O6S. The molecule has 26 heavy (non-hydrogen) atoms. The van der Waals surface area contributed by atoms with E-state index in [0.29, 0.717) is 0 Å². The number of sulfonamides is 1. The van der Waals surface area contributed by atoms with Crippen molar-refractivity contribution in [3.05, 3.63) is 29.8 Å². The second-order valence-corrected chi connectivity index (χ2v) is 7.84. The average molecular weight is 385 g/mol. The molecule has 1 heterocycles. The first-order valence-corrected chi connectivity index (χ1v) is 9.66. The second-order valence-electron chi connectivity index (χ2n) is 5.90. The van der Waals surface area contributed by atoms with Crippen molar-refractivity contribution in [3.8, 4) is 0 Å². The Morgan fingerprint density at radius 1 is 1.15 bits per heavy atom. The quantitative estimate of drug-likeness (QED) is 0.744. The number of rotatable bonds is 4. The van der Waals surface area contributed by atoms with Crippen molar-refractivity contribution >= 4 is 22.0 Å². The van der Waals surface area contributed by atoms with Crippen LogP contribution in [-0.2, 0) is 19.5 Å². The zero-order valence-electron chi connectivity index (χ0n) is 14.9. The van der Waals surface area contributed by atoms with E-state index >= 15 is 0 Å². The van der Waals surface area contributed by atoms with Gasteiger partial charge in [0.1, 0.15) is 0 Å². The molecule has 1 aliphatic heterocycles. The highest BCUT2D eigenvalue weighted by Gasteiger charge is 2.32. The molecular weight excluding hydrogens is 362 g/mol. The van der Waals surface area contributed by atoms with Gasteiger partial charge in [-0.3, -0.25) is 10.2 Å². The van der Waals surface area contributed by atoms with E-state index < -0.39 is 22.0 Å². The molecule has 2 rings (SSSR count). The summed E-state index contributed by atoms with van der Waals surface area (Å²) in [6, 6.07) is 5.48. The standard InChI is InChI=1S/C16H23N3O6S/c1-4-24-16(21)18-17-15(20)13-5-7-14(8-6-13)26(22,23)19-9-11(2)25-12(3)10-19/h5-8,11-12H,4,9-10H2,1-3H3,(H,17,20)(H,18,21)/t11-,12-/m1/s1. The van der Waals surface area contributed by atoms with E-state index in [1.807, 2.05) is 13.8 Å². The first-order valence-electron chi connectivity index (χ1n) is 8.22. The Hall–Kier alpha value is -2.17. The number of hydrazine groups is 1. The highest BCUT2D eigenvalue weighted by Crippen LogP contribution is 2.21. The van der Waals surface area contributed by atoms with Gasteiger partial charge < -0.3 is 9.47 Å². The molecule has 144 valence electrons. The Labute approximate surface area is 152 Å². The predicted octanol–water partition coefficient (Wildman–Crippen LogP) is 0.875. The predicted molar refractivity (Wildman–Crippen MR) is 92.8 cm³/mol. The minimum absolute atomic E-state index is 0.0914. The van der Waals surface area contributed by atoms with Gasteiger partial charge in [-0.1, -0.05) is 0 Å². The van der Waals surface area contributed by atoms with Crippen LogP contribution in [0.1, 0.15) is 31.1 Å². The lowest BCUT2D eigenvalue weighted by molar-refractivity contribution is -0.0440. The molecule has 0 saturated carbocycles. The largest absolute Gasteiger partial charge is 0.449 e. The van der Waals surface area contributed by atoms with Crippen LogP contribution in [0.3, 0.4) is 0 Å². The summed E-state index contributed by atoms with van der Waals surface area (Å²) >= 11 is 0. The van der Waals surface area contributed by atoms with E-state index in [1.165, 1.54) is 28.6 Å². The van der Waals surface area contributed by atoms with E-state index in [4.69, 9.17) is 4.74 Å². The van der Waals surface area contributed by atoms with Crippen molar-refractivity contribution in [1.82, 2.24) is 15.2 Å². The van der Waals surface area contributed by atoms with Gasteiger partial charge in [-0.05, 0) is 45.0 Å². The Bertz CT molecular complexity index is 740. The lowest BCUT2D eigenvalue weighted by Gasteiger charge is -2.34. The fourth-order valence-corrected chi connectivity index (χ4v) is 4.19. The third-order valence-corrected chi connectivity index (χ3v) is 5.54. The van der Waals surface area contributed by atoms with Gasteiger partial charge in [-0.2, -0.15) is 4.31 Å². The van der Waals surface area contributed by atoms with Gasteiger partial charge in [0.2, 0.25) is 10.0 Å². The normalized spacial score (nSPS) is 21.0. The van der Waals surface area contributed by atoms with Gasteiger partial charge in [0.15, 0.2) is 0 Å². The SMILES string of the molecule is CCOC(=O)NNC(=O)c1ccc(S(=O)(=O)N2C[C@@H](C)O[C@H](C)C2)cc1. The van der Waals surface area contributed by atoms with Gasteiger partial charge in [0.25, 0.3) is 5.91 Å². The van der Waals surface area contributed by atoms with E-state index in [1.54, 1.807) is 6.92 Å². The fourth-order valence-electron chi connectivity index (χ4n) is 2.60. The molecule has 1 aliphatic rings. The minimum Gasteiger partial charge on any atom is -0.449 e. The third kappa shape index (κ3) is 4.93. The number of morpholine rings is 1. The van der Waals surface area contributed by atoms with Crippen LogP contribution in [0.4, 0.5) is 4.79 Å². The van der Waals surface area contributed by atoms with Crippen molar-refractivity contribution in [1.29, 1.82) is 0 Å². The van der Waals surface area contributed by atoms with Gasteiger partial charge in [-0.25, -0.2) is 18.6 Å². The maximum Gasteiger partial charge on any atom is 0.426 e. The third-order valence-electron chi connectivity index (χ3n) is 3.69. The summed E-state index contributed by atoms with van der Waals surface area (Å²) in [5, 5.41) is 0. The van der Waals surface area contributed by atoms with Gasteiger partial charge >= 0.3 is 6.09 Å². The fraction of sp³-hybridized carbons (Fsp3) is 0.500. The molecule has 0 aliphatic carbocycles. The van der Waals surface area contributed by atoms with Gasteiger partial charge in [0, 0.05) is 18.7 Å². The highest BCUT2D eigenvalue weighted by molar-refractivity contribution is 7.89. The molecule has 2 atom stereocenters. The van der Waals surface area contributed by atoms with Crippen LogP contribution >= 0.6 is 0 Å². The smallest absolute Gasteiger partial charge is 0.426 e. The number of amides is 2. The van der Waals surface area contributed by atoms with Crippen molar-refractivity contribution in [2.45, 2.75) is 37.9 Å². The second kappa shape index (κ2) is 8.47. The molecule has 0 spiro atoms. The van der Waals surface area contributed by atoms with Crippen LogP contribution in [0.2, 0.25) is 0 Å². The molecule has 2 N–H and O–H groups in total. The Morgan fingerprint density at radius 2 is 1.73 bits per heavy atom. The van der Waals surface area contributed by atoms with Gasteiger partial charge in [0.05, 0.1) is 23.7 Å². The molecule has 1 saturated heterocycles. The number of nitrogens with one attached hydrogen (secondary N) is 2. The number of carbonyl (C=O) groups is 2. The average Bonchev–Trinajstić information content (AvgIpc) is 2.59. The first-order chi connectivity index (χ1) is 12.2. The number of ether oxygens (including phenoxy) is 2.